The number of aromatic hydroxyl groups is 1. The SMILES string of the molecule is COC(=O)N1C(=O)[C@@H]2[C@@H](CC(CO[Si](c3ccccc3)(c3ccccc3)C(C)(C)C)=C3[C@@H](CC/C(=C/c4cccc(O)c4)c4ccccc4)OB(O)C[C@@H]32)C1=O. The average molecular weight is 770 g/mol. The molecular weight excluding hydrogens is 721 g/mol. The molecule has 2 saturated heterocycles. The van der Waals surface area contributed by atoms with E-state index in [0.717, 1.165) is 45.3 Å². The van der Waals surface area contributed by atoms with Crippen LogP contribution in [0, 0.1) is 17.8 Å². The van der Waals surface area contributed by atoms with Gasteiger partial charge in [-0.3, -0.25) is 9.59 Å². The Hall–Kier alpha value is -5.07. The van der Waals surface area contributed by atoms with Crippen molar-refractivity contribution in [3.8, 4) is 5.75 Å². The number of benzene rings is 4. The number of methoxy groups -OCH3 is 1. The maximum atomic E-state index is 14.0. The Morgan fingerprint density at radius 2 is 1.52 bits per heavy atom. The predicted molar refractivity (Wildman–Crippen MR) is 219 cm³/mol. The molecule has 3 aliphatic rings. The minimum absolute atomic E-state index is 0.0917. The number of fused-ring (bicyclic) bond motifs is 3. The summed E-state index contributed by atoms with van der Waals surface area (Å²) in [6.45, 7) is 6.79. The fourth-order valence-corrected chi connectivity index (χ4v) is 13.7. The lowest BCUT2D eigenvalue weighted by Gasteiger charge is -2.46. The van der Waals surface area contributed by atoms with Crippen molar-refractivity contribution in [3.05, 3.63) is 138 Å². The summed E-state index contributed by atoms with van der Waals surface area (Å²) in [6.07, 6.45) is 1.69. The lowest BCUT2D eigenvalue weighted by Crippen LogP contribution is -2.66. The van der Waals surface area contributed by atoms with Gasteiger partial charge < -0.3 is 23.9 Å². The number of allylic oxidation sites excluding steroid dienone is 1. The highest BCUT2D eigenvalue weighted by molar-refractivity contribution is 6.99. The van der Waals surface area contributed by atoms with Gasteiger partial charge in [-0.15, -0.1) is 0 Å². The molecule has 288 valence electrons. The summed E-state index contributed by atoms with van der Waals surface area (Å²) in [6, 6.07) is 37.7. The van der Waals surface area contributed by atoms with E-state index in [4.69, 9.17) is 13.8 Å². The summed E-state index contributed by atoms with van der Waals surface area (Å²) in [5.74, 6) is -3.27. The van der Waals surface area contributed by atoms with Gasteiger partial charge in [0, 0.05) is 0 Å². The van der Waals surface area contributed by atoms with Crippen LogP contribution in [0.1, 0.15) is 51.2 Å². The fourth-order valence-electron chi connectivity index (χ4n) is 9.18. The summed E-state index contributed by atoms with van der Waals surface area (Å²) in [4.78, 5) is 41.5. The van der Waals surface area contributed by atoms with Crippen LogP contribution in [-0.2, 0) is 23.4 Å². The molecule has 2 heterocycles. The van der Waals surface area contributed by atoms with E-state index in [9.17, 15) is 24.5 Å². The molecule has 2 N–H and O–H groups in total. The number of carbonyl (C=O) groups excluding carboxylic acids is 3. The number of hydrogen-bond acceptors (Lipinski definition) is 8. The maximum Gasteiger partial charge on any atom is 0.455 e. The van der Waals surface area contributed by atoms with Crippen molar-refractivity contribution in [1.82, 2.24) is 4.90 Å². The minimum Gasteiger partial charge on any atom is -0.508 e. The molecule has 7 rings (SSSR count). The van der Waals surface area contributed by atoms with Gasteiger partial charge in [0.25, 0.3) is 8.32 Å². The zero-order valence-corrected chi connectivity index (χ0v) is 33.3. The van der Waals surface area contributed by atoms with Crippen molar-refractivity contribution in [3.63, 3.8) is 0 Å². The van der Waals surface area contributed by atoms with E-state index in [1.54, 1.807) is 18.2 Å². The molecule has 0 aromatic heterocycles. The molecule has 2 aliphatic heterocycles. The first-order valence-corrected chi connectivity index (χ1v) is 21.1. The van der Waals surface area contributed by atoms with Crippen LogP contribution in [-0.4, -0.2) is 68.2 Å². The van der Waals surface area contributed by atoms with Crippen LogP contribution in [0.4, 0.5) is 4.79 Å². The highest BCUT2D eigenvalue weighted by Crippen LogP contribution is 2.51. The van der Waals surface area contributed by atoms with Crippen molar-refractivity contribution in [2.24, 2.45) is 17.8 Å². The average Bonchev–Trinajstić information content (AvgIpc) is 3.45. The van der Waals surface area contributed by atoms with E-state index in [-0.39, 0.29) is 30.1 Å². The first-order chi connectivity index (χ1) is 26.9. The topological polar surface area (TPSA) is 123 Å². The van der Waals surface area contributed by atoms with E-state index >= 15 is 0 Å². The number of phenolic OH excluding ortho intramolecular Hbond substituents is 1. The van der Waals surface area contributed by atoms with Gasteiger partial charge in [0.05, 0.1) is 31.7 Å². The largest absolute Gasteiger partial charge is 0.508 e. The Bertz CT molecular complexity index is 2100. The monoisotopic (exact) mass is 769 g/mol. The van der Waals surface area contributed by atoms with Crippen LogP contribution in [0.3, 0.4) is 0 Å². The van der Waals surface area contributed by atoms with E-state index in [1.807, 2.05) is 78.9 Å². The van der Waals surface area contributed by atoms with Gasteiger partial charge in [-0.25, -0.2) is 4.79 Å². The van der Waals surface area contributed by atoms with Crippen molar-refractivity contribution < 1.29 is 38.3 Å². The van der Waals surface area contributed by atoms with Gasteiger partial charge in [-0.1, -0.05) is 130 Å². The molecule has 2 fully saturated rings. The summed E-state index contributed by atoms with van der Waals surface area (Å²) in [5, 5.41) is 23.4. The Kier molecular flexibility index (Phi) is 11.3. The van der Waals surface area contributed by atoms with Gasteiger partial charge >= 0.3 is 13.2 Å². The summed E-state index contributed by atoms with van der Waals surface area (Å²) < 4.78 is 18.7. The smallest absolute Gasteiger partial charge is 0.455 e. The van der Waals surface area contributed by atoms with E-state index < -0.39 is 57.2 Å². The molecule has 0 bridgehead atoms. The molecule has 3 amide bonds. The fraction of sp³-hybridized carbons (Fsp3) is 0.311. The highest BCUT2D eigenvalue weighted by atomic mass is 28.4. The van der Waals surface area contributed by atoms with Gasteiger partial charge in [0.2, 0.25) is 11.8 Å². The van der Waals surface area contributed by atoms with E-state index in [0.29, 0.717) is 17.7 Å². The minimum atomic E-state index is -3.05. The third-order valence-electron chi connectivity index (χ3n) is 11.6. The lowest BCUT2D eigenvalue weighted by atomic mass is 9.58. The first kappa shape index (κ1) is 39.2. The van der Waals surface area contributed by atoms with Crippen LogP contribution < -0.4 is 10.4 Å². The standard InChI is InChI=1S/C45H48BNO8Si/c1-45(2,3)56(35-19-10-6-11-20-35,36-21-12-7-13-22-36)54-29-33-27-37-41(43(50)47(42(37)49)44(51)53-4)38-28-46(52)55-39(40(33)38)24-23-32(31-16-8-5-9-17-31)25-30-15-14-18-34(48)26-30/h5-22,25-26,37-39,41,48,52H,23-24,27-29H2,1-4H3/b32-25-/t37-,38+,39-,41-/m1/s1. The normalized spacial score (nSPS) is 21.6. The molecule has 4 aromatic rings. The second-order valence-electron chi connectivity index (χ2n) is 15.9. The molecule has 56 heavy (non-hydrogen) atoms. The van der Waals surface area contributed by atoms with Crippen LogP contribution in [0.25, 0.3) is 11.6 Å². The van der Waals surface area contributed by atoms with E-state index in [1.165, 1.54) is 0 Å². The number of rotatable bonds is 10. The Balaban J connectivity index is 1.33. The molecule has 11 heteroatoms. The number of carbonyl (C=O) groups is 3. The lowest BCUT2D eigenvalue weighted by molar-refractivity contribution is -0.137. The molecule has 0 spiro atoms. The zero-order valence-electron chi connectivity index (χ0n) is 32.3. The molecule has 0 unspecified atom stereocenters. The van der Waals surface area contributed by atoms with Gasteiger partial charge in [0.1, 0.15) is 5.75 Å². The number of phenols is 1. The quantitative estimate of drug-likeness (QED) is 0.0778. The number of amides is 3. The molecule has 9 nitrogen and oxygen atoms in total. The van der Waals surface area contributed by atoms with Gasteiger partial charge in [0.15, 0.2) is 0 Å². The van der Waals surface area contributed by atoms with Gasteiger partial charge in [-0.2, -0.15) is 4.90 Å². The zero-order chi connectivity index (χ0) is 39.6. The molecule has 1 aliphatic carbocycles. The van der Waals surface area contributed by atoms with Crippen molar-refractivity contribution in [2.45, 2.75) is 57.5 Å². The van der Waals surface area contributed by atoms with Crippen LogP contribution >= 0.6 is 0 Å². The van der Waals surface area contributed by atoms with Crippen LogP contribution in [0.2, 0.25) is 11.4 Å². The second-order valence-corrected chi connectivity index (χ2v) is 20.2. The second kappa shape index (κ2) is 16.2. The van der Waals surface area contributed by atoms with Crippen molar-refractivity contribution in [1.29, 1.82) is 0 Å². The van der Waals surface area contributed by atoms with Crippen LogP contribution in [0.5, 0.6) is 5.75 Å². The molecule has 4 aromatic carbocycles. The summed E-state index contributed by atoms with van der Waals surface area (Å²) in [7, 11) is -3.09. The molecule has 0 saturated carbocycles. The Morgan fingerprint density at radius 1 is 0.893 bits per heavy atom. The number of likely N-dealkylation sites (tertiary alicyclic amines) is 1. The summed E-state index contributed by atoms with van der Waals surface area (Å²) >= 11 is 0. The Morgan fingerprint density at radius 3 is 2.11 bits per heavy atom. The number of nitrogens with zero attached hydrogens (tertiary/aromatic N) is 1. The van der Waals surface area contributed by atoms with Crippen molar-refractivity contribution in [2.75, 3.05) is 13.7 Å². The first-order valence-electron chi connectivity index (χ1n) is 19.2. The van der Waals surface area contributed by atoms with E-state index in [2.05, 4.69) is 45.0 Å². The van der Waals surface area contributed by atoms with Crippen molar-refractivity contribution >= 4 is 55.4 Å². The molecular formula is C45H48BNO8Si. The Labute approximate surface area is 329 Å². The molecule has 4 atom stereocenters. The highest BCUT2D eigenvalue weighted by Gasteiger charge is 2.60. The third-order valence-corrected chi connectivity index (χ3v) is 16.6. The molecule has 0 radical (unpaired) electrons. The third kappa shape index (κ3) is 7.44. The summed E-state index contributed by atoms with van der Waals surface area (Å²) in [5.41, 5.74) is 4.55. The number of imide groups is 3. The number of ether oxygens (including phenoxy) is 1. The van der Waals surface area contributed by atoms with Crippen LogP contribution in [0.15, 0.2) is 126 Å². The maximum absolute atomic E-state index is 14.0. The number of hydrogen-bond donors (Lipinski definition) is 2. The van der Waals surface area contributed by atoms with Gasteiger partial charge in [-0.05, 0) is 86.9 Å². The predicted octanol–water partition coefficient (Wildman–Crippen LogP) is 6.85.